The molecule has 0 atom stereocenters. The van der Waals surface area contributed by atoms with Crippen LogP contribution in [0.5, 0.6) is 0 Å². The van der Waals surface area contributed by atoms with Gasteiger partial charge in [-0.25, -0.2) is 0 Å². The molecule has 0 aliphatic heterocycles. The molecular formula is C15H17N3. The van der Waals surface area contributed by atoms with Gasteiger partial charge in [-0.05, 0) is 37.6 Å². The van der Waals surface area contributed by atoms with Crippen molar-refractivity contribution in [2.75, 3.05) is 5.32 Å². The van der Waals surface area contributed by atoms with Gasteiger partial charge in [-0.3, -0.25) is 0 Å². The Kier molecular flexibility index (Phi) is 3.38. The van der Waals surface area contributed by atoms with Gasteiger partial charge in [0.15, 0.2) is 0 Å². The van der Waals surface area contributed by atoms with E-state index in [0.717, 1.165) is 12.2 Å². The summed E-state index contributed by atoms with van der Waals surface area (Å²) in [5.41, 5.74) is 5.35. The van der Waals surface area contributed by atoms with E-state index in [1.807, 2.05) is 24.3 Å². The number of nitrogens with zero attached hydrogens (tertiary/aromatic N) is 2. The predicted octanol–water partition coefficient (Wildman–Crippen LogP) is 3.13. The summed E-state index contributed by atoms with van der Waals surface area (Å²) in [4.78, 5) is 0. The SMILES string of the molecule is Cc1cc(CNc2ccccc2C#N)c(C)n1C. The summed E-state index contributed by atoms with van der Waals surface area (Å²) < 4.78 is 2.17. The minimum absolute atomic E-state index is 0.683. The fourth-order valence-corrected chi connectivity index (χ4v) is 2.04. The van der Waals surface area contributed by atoms with Crippen LogP contribution in [0.15, 0.2) is 30.3 Å². The Bertz CT molecular complexity index is 603. The van der Waals surface area contributed by atoms with Crippen molar-refractivity contribution in [2.45, 2.75) is 20.4 Å². The van der Waals surface area contributed by atoms with E-state index >= 15 is 0 Å². The zero-order valence-electron chi connectivity index (χ0n) is 11.0. The van der Waals surface area contributed by atoms with Crippen molar-refractivity contribution < 1.29 is 0 Å². The zero-order chi connectivity index (χ0) is 13.1. The van der Waals surface area contributed by atoms with E-state index < -0.39 is 0 Å². The number of rotatable bonds is 3. The van der Waals surface area contributed by atoms with Crippen LogP contribution in [0.4, 0.5) is 5.69 Å². The average molecular weight is 239 g/mol. The number of para-hydroxylation sites is 1. The highest BCUT2D eigenvalue weighted by Gasteiger charge is 2.06. The van der Waals surface area contributed by atoms with E-state index in [-0.39, 0.29) is 0 Å². The van der Waals surface area contributed by atoms with Crippen molar-refractivity contribution in [1.29, 1.82) is 5.26 Å². The molecule has 2 aromatic rings. The summed E-state index contributed by atoms with van der Waals surface area (Å²) in [5.74, 6) is 0. The standard InChI is InChI=1S/C15H17N3/c1-11-8-14(12(2)18(11)3)10-17-15-7-5-4-6-13(15)9-16/h4-8,17H,10H2,1-3H3. The first kappa shape index (κ1) is 12.3. The highest BCUT2D eigenvalue weighted by Crippen LogP contribution is 2.18. The minimum Gasteiger partial charge on any atom is -0.380 e. The first-order valence-electron chi connectivity index (χ1n) is 5.98. The molecule has 3 nitrogen and oxygen atoms in total. The number of anilines is 1. The third-order valence-electron chi connectivity index (χ3n) is 3.40. The Morgan fingerprint density at radius 2 is 2.00 bits per heavy atom. The van der Waals surface area contributed by atoms with Gasteiger partial charge in [0.2, 0.25) is 0 Å². The fourth-order valence-electron chi connectivity index (χ4n) is 2.04. The molecule has 1 aromatic carbocycles. The summed E-state index contributed by atoms with van der Waals surface area (Å²) in [6.07, 6.45) is 0. The topological polar surface area (TPSA) is 40.8 Å². The number of aromatic nitrogens is 1. The molecule has 1 aromatic heterocycles. The van der Waals surface area contributed by atoms with Crippen LogP contribution in [0.3, 0.4) is 0 Å². The van der Waals surface area contributed by atoms with Crippen LogP contribution in [0.25, 0.3) is 0 Å². The van der Waals surface area contributed by atoms with Gasteiger partial charge in [0, 0.05) is 25.0 Å². The van der Waals surface area contributed by atoms with Crippen molar-refractivity contribution in [2.24, 2.45) is 7.05 Å². The highest BCUT2D eigenvalue weighted by molar-refractivity contribution is 5.57. The molecule has 0 unspecified atom stereocenters. The maximum absolute atomic E-state index is 9.02. The normalized spacial score (nSPS) is 10.1. The number of hydrogen-bond donors (Lipinski definition) is 1. The number of hydrogen-bond acceptors (Lipinski definition) is 2. The van der Waals surface area contributed by atoms with Crippen molar-refractivity contribution >= 4 is 5.69 Å². The van der Waals surface area contributed by atoms with Crippen LogP contribution in [0.1, 0.15) is 22.5 Å². The largest absolute Gasteiger partial charge is 0.380 e. The van der Waals surface area contributed by atoms with Crippen molar-refractivity contribution in [3.8, 4) is 6.07 Å². The highest BCUT2D eigenvalue weighted by atomic mass is 15.0. The van der Waals surface area contributed by atoms with E-state index in [0.29, 0.717) is 5.56 Å². The Labute approximate surface area is 108 Å². The third kappa shape index (κ3) is 2.23. The lowest BCUT2D eigenvalue weighted by atomic mass is 10.2. The quantitative estimate of drug-likeness (QED) is 0.894. The van der Waals surface area contributed by atoms with E-state index in [1.165, 1.54) is 17.0 Å². The molecule has 0 fully saturated rings. The molecule has 0 aliphatic rings. The number of nitriles is 1. The molecule has 1 N–H and O–H groups in total. The maximum Gasteiger partial charge on any atom is 0.101 e. The van der Waals surface area contributed by atoms with E-state index in [4.69, 9.17) is 5.26 Å². The molecule has 1 heterocycles. The smallest absolute Gasteiger partial charge is 0.101 e. The van der Waals surface area contributed by atoms with Gasteiger partial charge in [-0.2, -0.15) is 5.26 Å². The third-order valence-corrected chi connectivity index (χ3v) is 3.40. The molecule has 18 heavy (non-hydrogen) atoms. The molecule has 2 rings (SSSR count). The maximum atomic E-state index is 9.02. The van der Waals surface area contributed by atoms with Crippen LogP contribution in [-0.2, 0) is 13.6 Å². The van der Waals surface area contributed by atoms with Crippen LogP contribution in [-0.4, -0.2) is 4.57 Å². The van der Waals surface area contributed by atoms with Crippen LogP contribution < -0.4 is 5.32 Å². The second kappa shape index (κ2) is 4.97. The Morgan fingerprint density at radius 1 is 1.28 bits per heavy atom. The lowest BCUT2D eigenvalue weighted by molar-refractivity contribution is 0.837. The Morgan fingerprint density at radius 3 is 2.61 bits per heavy atom. The van der Waals surface area contributed by atoms with E-state index in [9.17, 15) is 0 Å². The summed E-state index contributed by atoms with van der Waals surface area (Å²) in [6.45, 7) is 4.95. The van der Waals surface area contributed by atoms with E-state index in [2.05, 4.69) is 42.9 Å². The molecule has 0 radical (unpaired) electrons. The lowest BCUT2D eigenvalue weighted by Crippen LogP contribution is -2.02. The van der Waals surface area contributed by atoms with Crippen LogP contribution in [0, 0.1) is 25.2 Å². The molecule has 3 heteroatoms. The van der Waals surface area contributed by atoms with Gasteiger partial charge in [0.1, 0.15) is 6.07 Å². The van der Waals surface area contributed by atoms with Crippen molar-refractivity contribution in [1.82, 2.24) is 4.57 Å². The van der Waals surface area contributed by atoms with Gasteiger partial charge in [0.05, 0.1) is 11.3 Å². The number of nitrogens with one attached hydrogen (secondary N) is 1. The molecule has 0 aliphatic carbocycles. The molecular weight excluding hydrogens is 222 g/mol. The molecule has 0 saturated heterocycles. The first-order valence-corrected chi connectivity index (χ1v) is 5.98. The predicted molar refractivity (Wildman–Crippen MR) is 73.4 cm³/mol. The van der Waals surface area contributed by atoms with Gasteiger partial charge >= 0.3 is 0 Å². The zero-order valence-corrected chi connectivity index (χ0v) is 11.0. The minimum atomic E-state index is 0.683. The summed E-state index contributed by atoms with van der Waals surface area (Å²) in [7, 11) is 2.07. The molecule has 0 spiro atoms. The molecule has 0 amide bonds. The van der Waals surface area contributed by atoms with E-state index in [1.54, 1.807) is 0 Å². The second-order valence-corrected chi connectivity index (χ2v) is 4.47. The number of benzene rings is 1. The summed E-state index contributed by atoms with van der Waals surface area (Å²) in [5, 5.41) is 12.4. The van der Waals surface area contributed by atoms with Crippen molar-refractivity contribution in [3.63, 3.8) is 0 Å². The van der Waals surface area contributed by atoms with Gasteiger partial charge in [0.25, 0.3) is 0 Å². The second-order valence-electron chi connectivity index (χ2n) is 4.47. The Hall–Kier alpha value is -2.21. The molecule has 0 bridgehead atoms. The van der Waals surface area contributed by atoms with Gasteiger partial charge in [-0.15, -0.1) is 0 Å². The average Bonchev–Trinajstić information content (AvgIpc) is 2.64. The van der Waals surface area contributed by atoms with Gasteiger partial charge in [-0.1, -0.05) is 12.1 Å². The molecule has 92 valence electrons. The Balaban J connectivity index is 2.17. The van der Waals surface area contributed by atoms with Gasteiger partial charge < -0.3 is 9.88 Å². The molecule has 0 saturated carbocycles. The van der Waals surface area contributed by atoms with Crippen LogP contribution in [0.2, 0.25) is 0 Å². The van der Waals surface area contributed by atoms with Crippen molar-refractivity contribution in [3.05, 3.63) is 52.8 Å². The monoisotopic (exact) mass is 239 g/mol. The first-order chi connectivity index (χ1) is 8.63. The number of aryl methyl sites for hydroxylation is 1. The lowest BCUT2D eigenvalue weighted by Gasteiger charge is -2.08. The summed E-state index contributed by atoms with van der Waals surface area (Å²) >= 11 is 0. The fraction of sp³-hybridized carbons (Fsp3) is 0.267. The van der Waals surface area contributed by atoms with Crippen LogP contribution >= 0.6 is 0 Å². The summed E-state index contributed by atoms with van der Waals surface area (Å²) in [6, 6.07) is 11.9.